The predicted octanol–water partition coefficient (Wildman–Crippen LogP) is 1.45. The van der Waals surface area contributed by atoms with Crippen molar-refractivity contribution in [1.29, 1.82) is 5.26 Å². The fraction of sp³-hybridized carbons (Fsp3) is 0.385. The quantitative estimate of drug-likeness (QED) is 0.752. The molecule has 1 saturated heterocycles. The Kier molecular flexibility index (Phi) is 3.80. The summed E-state index contributed by atoms with van der Waals surface area (Å²) in [5, 5.41) is 8.85. The first-order valence-corrected chi connectivity index (χ1v) is 5.83. The molecule has 1 aliphatic rings. The Morgan fingerprint density at radius 1 is 1.44 bits per heavy atom. The molecule has 18 heavy (non-hydrogen) atoms. The van der Waals surface area contributed by atoms with E-state index in [4.69, 9.17) is 10.00 Å². The van der Waals surface area contributed by atoms with Gasteiger partial charge < -0.3 is 9.64 Å². The molecule has 0 aliphatic carbocycles. The molecule has 0 N–H and O–H groups in total. The van der Waals surface area contributed by atoms with E-state index in [0.29, 0.717) is 31.9 Å². The van der Waals surface area contributed by atoms with Crippen LogP contribution in [0.5, 0.6) is 0 Å². The second-order valence-electron chi connectivity index (χ2n) is 4.10. The number of amides is 2. The van der Waals surface area contributed by atoms with Gasteiger partial charge in [-0.25, -0.2) is 4.79 Å². The van der Waals surface area contributed by atoms with Gasteiger partial charge in [0.15, 0.2) is 0 Å². The number of carbonyl (C=O) groups excluding carboxylic acids is 1. The van der Waals surface area contributed by atoms with Gasteiger partial charge in [0.2, 0.25) is 0 Å². The number of carbonyl (C=O) groups is 1. The minimum absolute atomic E-state index is 0.0617. The van der Waals surface area contributed by atoms with Crippen LogP contribution in [-0.2, 0) is 4.74 Å². The average Bonchev–Trinajstić information content (AvgIpc) is 2.46. The molecule has 0 spiro atoms. The van der Waals surface area contributed by atoms with Crippen molar-refractivity contribution >= 4 is 11.7 Å². The van der Waals surface area contributed by atoms with Crippen LogP contribution in [0, 0.1) is 11.3 Å². The first-order valence-electron chi connectivity index (χ1n) is 5.83. The molecule has 1 aliphatic heterocycles. The number of nitrogens with zero attached hydrogens (tertiary/aromatic N) is 3. The number of morpholine rings is 1. The Hall–Kier alpha value is -2.06. The van der Waals surface area contributed by atoms with Crippen molar-refractivity contribution in [3.63, 3.8) is 0 Å². The average molecular weight is 245 g/mol. The summed E-state index contributed by atoms with van der Waals surface area (Å²) in [6, 6.07) is 9.03. The van der Waals surface area contributed by atoms with E-state index in [2.05, 4.69) is 6.07 Å². The Morgan fingerprint density at radius 3 is 2.83 bits per heavy atom. The molecule has 5 nitrogen and oxygen atoms in total. The lowest BCUT2D eigenvalue weighted by Gasteiger charge is -2.31. The van der Waals surface area contributed by atoms with E-state index in [1.165, 1.54) is 0 Å². The van der Waals surface area contributed by atoms with Crippen molar-refractivity contribution in [2.24, 2.45) is 0 Å². The zero-order valence-corrected chi connectivity index (χ0v) is 10.3. The summed E-state index contributed by atoms with van der Waals surface area (Å²) in [5.74, 6) is 0. The Morgan fingerprint density at radius 2 is 2.17 bits per heavy atom. The molecule has 1 heterocycles. The number of hydrogen-bond acceptors (Lipinski definition) is 3. The summed E-state index contributed by atoms with van der Waals surface area (Å²) in [5.41, 5.74) is 1.28. The molecule has 0 atom stereocenters. The number of ether oxygens (including phenoxy) is 1. The highest BCUT2D eigenvalue weighted by atomic mass is 16.5. The lowest BCUT2D eigenvalue weighted by atomic mass is 10.2. The maximum absolute atomic E-state index is 12.2. The molecule has 0 radical (unpaired) electrons. The SMILES string of the molecule is CN(C(=O)N1CCOCC1)c1cccc(C#N)c1. The van der Waals surface area contributed by atoms with E-state index in [0.717, 1.165) is 5.69 Å². The fourth-order valence-electron chi connectivity index (χ4n) is 1.86. The standard InChI is InChI=1S/C13H15N3O2/c1-15(12-4-2-3-11(9-12)10-14)13(17)16-5-7-18-8-6-16/h2-4,9H,5-8H2,1H3. The predicted molar refractivity (Wildman–Crippen MR) is 67.3 cm³/mol. The van der Waals surface area contributed by atoms with Crippen molar-refractivity contribution in [2.75, 3.05) is 38.3 Å². The van der Waals surface area contributed by atoms with Crippen LogP contribution >= 0.6 is 0 Å². The van der Waals surface area contributed by atoms with Gasteiger partial charge in [-0.2, -0.15) is 5.26 Å². The third-order valence-electron chi connectivity index (χ3n) is 2.93. The van der Waals surface area contributed by atoms with Crippen LogP contribution in [-0.4, -0.2) is 44.3 Å². The van der Waals surface area contributed by atoms with E-state index >= 15 is 0 Å². The van der Waals surface area contributed by atoms with Gasteiger partial charge >= 0.3 is 6.03 Å². The van der Waals surface area contributed by atoms with Crippen molar-refractivity contribution in [2.45, 2.75) is 0 Å². The molecule has 0 saturated carbocycles. The van der Waals surface area contributed by atoms with Gasteiger partial charge in [-0.15, -0.1) is 0 Å². The molecule has 0 bridgehead atoms. The number of hydrogen-bond donors (Lipinski definition) is 0. The minimum atomic E-state index is -0.0617. The maximum atomic E-state index is 12.2. The van der Waals surface area contributed by atoms with Crippen LogP contribution in [0.25, 0.3) is 0 Å². The zero-order chi connectivity index (χ0) is 13.0. The van der Waals surface area contributed by atoms with Gasteiger partial charge in [0.1, 0.15) is 0 Å². The molecule has 1 aromatic carbocycles. The largest absolute Gasteiger partial charge is 0.378 e. The van der Waals surface area contributed by atoms with Gasteiger partial charge in [0, 0.05) is 25.8 Å². The summed E-state index contributed by atoms with van der Waals surface area (Å²) in [4.78, 5) is 15.5. The molecule has 1 fully saturated rings. The second-order valence-corrected chi connectivity index (χ2v) is 4.10. The molecule has 5 heteroatoms. The number of urea groups is 1. The van der Waals surface area contributed by atoms with Crippen molar-refractivity contribution in [3.05, 3.63) is 29.8 Å². The van der Waals surface area contributed by atoms with Gasteiger partial charge in [-0.3, -0.25) is 4.90 Å². The van der Waals surface area contributed by atoms with Crippen molar-refractivity contribution in [1.82, 2.24) is 4.90 Å². The molecule has 1 aromatic rings. The summed E-state index contributed by atoms with van der Waals surface area (Å²) in [7, 11) is 1.72. The van der Waals surface area contributed by atoms with E-state index in [9.17, 15) is 4.79 Å². The molecule has 94 valence electrons. The summed E-state index contributed by atoms with van der Waals surface area (Å²) < 4.78 is 5.22. The topological polar surface area (TPSA) is 56.6 Å². The smallest absolute Gasteiger partial charge is 0.324 e. The van der Waals surface area contributed by atoms with Crippen LogP contribution in [0.15, 0.2) is 24.3 Å². The van der Waals surface area contributed by atoms with Crippen LogP contribution in [0.2, 0.25) is 0 Å². The molecular weight excluding hydrogens is 230 g/mol. The number of rotatable bonds is 1. The second kappa shape index (κ2) is 5.52. The van der Waals surface area contributed by atoms with E-state index in [1.54, 1.807) is 35.0 Å². The highest BCUT2D eigenvalue weighted by molar-refractivity contribution is 5.91. The Bertz CT molecular complexity index is 475. The normalized spacial score (nSPS) is 15.0. The van der Waals surface area contributed by atoms with Gasteiger partial charge in [0.25, 0.3) is 0 Å². The fourth-order valence-corrected chi connectivity index (χ4v) is 1.86. The van der Waals surface area contributed by atoms with E-state index < -0.39 is 0 Å². The van der Waals surface area contributed by atoms with Gasteiger partial charge in [-0.1, -0.05) is 6.07 Å². The van der Waals surface area contributed by atoms with Crippen LogP contribution in [0.4, 0.5) is 10.5 Å². The van der Waals surface area contributed by atoms with Crippen molar-refractivity contribution in [3.8, 4) is 6.07 Å². The van der Waals surface area contributed by atoms with Gasteiger partial charge in [0.05, 0.1) is 24.8 Å². The van der Waals surface area contributed by atoms with Crippen LogP contribution in [0.3, 0.4) is 0 Å². The molecule has 0 aromatic heterocycles. The molecular formula is C13H15N3O2. The zero-order valence-electron chi connectivity index (χ0n) is 10.3. The van der Waals surface area contributed by atoms with Crippen LogP contribution in [0.1, 0.15) is 5.56 Å². The summed E-state index contributed by atoms with van der Waals surface area (Å²) in [6.45, 7) is 2.39. The highest BCUT2D eigenvalue weighted by Gasteiger charge is 2.21. The summed E-state index contributed by atoms with van der Waals surface area (Å²) >= 11 is 0. The number of benzene rings is 1. The Balaban J connectivity index is 2.12. The number of nitriles is 1. The lowest BCUT2D eigenvalue weighted by molar-refractivity contribution is 0.0551. The highest BCUT2D eigenvalue weighted by Crippen LogP contribution is 2.16. The summed E-state index contributed by atoms with van der Waals surface area (Å²) in [6.07, 6.45) is 0. The molecule has 2 rings (SSSR count). The van der Waals surface area contributed by atoms with E-state index in [-0.39, 0.29) is 6.03 Å². The molecule has 2 amide bonds. The first-order chi connectivity index (χ1) is 8.72. The van der Waals surface area contributed by atoms with Gasteiger partial charge in [-0.05, 0) is 18.2 Å². The Labute approximate surface area is 106 Å². The van der Waals surface area contributed by atoms with Crippen molar-refractivity contribution < 1.29 is 9.53 Å². The minimum Gasteiger partial charge on any atom is -0.378 e. The monoisotopic (exact) mass is 245 g/mol. The first kappa shape index (κ1) is 12.4. The van der Waals surface area contributed by atoms with Crippen LogP contribution < -0.4 is 4.90 Å². The number of anilines is 1. The lowest BCUT2D eigenvalue weighted by Crippen LogP contribution is -2.47. The third kappa shape index (κ3) is 2.60. The third-order valence-corrected chi connectivity index (χ3v) is 2.93. The van der Waals surface area contributed by atoms with E-state index in [1.807, 2.05) is 6.07 Å². The maximum Gasteiger partial charge on any atom is 0.324 e. The molecule has 0 unspecified atom stereocenters.